The summed E-state index contributed by atoms with van der Waals surface area (Å²) in [6.45, 7) is 4.28. The maximum Gasteiger partial charge on any atom is 0.266 e. The highest BCUT2D eigenvalue weighted by Gasteiger charge is 2.50. The molecule has 2 aliphatic heterocycles. The number of amides is 2. The van der Waals surface area contributed by atoms with Crippen molar-refractivity contribution in [3.63, 3.8) is 0 Å². The van der Waals surface area contributed by atoms with Crippen LogP contribution in [0, 0.1) is 6.92 Å². The Morgan fingerprint density at radius 2 is 1.10 bits per heavy atom. The van der Waals surface area contributed by atoms with E-state index < -0.39 is 0 Å². The largest absolute Gasteiger partial charge is 0.274 e. The Morgan fingerprint density at radius 3 is 1.59 bits per heavy atom. The first-order valence-electron chi connectivity index (χ1n) is 14.5. The van der Waals surface area contributed by atoms with Gasteiger partial charge in [0.1, 0.15) is 0 Å². The Bertz CT molecular complexity index is 1600. The molecule has 0 atom stereocenters. The first-order valence-corrected chi connectivity index (χ1v) is 16.3. The van der Waals surface area contributed by atoms with Crippen molar-refractivity contribution in [1.82, 2.24) is 0 Å². The van der Waals surface area contributed by atoms with Gasteiger partial charge in [0.05, 0.1) is 22.5 Å². The van der Waals surface area contributed by atoms with Gasteiger partial charge in [0, 0.05) is 21.1 Å². The zero-order valence-electron chi connectivity index (χ0n) is 23.6. The zero-order chi connectivity index (χ0) is 28.3. The van der Waals surface area contributed by atoms with E-state index in [9.17, 15) is 9.59 Å². The number of hydrogen-bond acceptors (Lipinski definition) is 4. The number of carbonyl (C=O) groups is 2. The summed E-state index contributed by atoms with van der Waals surface area (Å²) >= 11 is 3.05. The summed E-state index contributed by atoms with van der Waals surface area (Å²) in [5.74, 6) is -0.202. The summed E-state index contributed by atoms with van der Waals surface area (Å²) in [4.78, 5) is 33.9. The van der Waals surface area contributed by atoms with Crippen molar-refractivity contribution in [2.24, 2.45) is 0 Å². The van der Waals surface area contributed by atoms with E-state index >= 15 is 0 Å². The van der Waals surface area contributed by atoms with Crippen molar-refractivity contribution in [2.75, 3.05) is 9.80 Å². The summed E-state index contributed by atoms with van der Waals surface area (Å²) in [7, 11) is 0. The second kappa shape index (κ2) is 12.0. The predicted molar refractivity (Wildman–Crippen MR) is 172 cm³/mol. The quantitative estimate of drug-likeness (QED) is 0.166. The molecule has 0 N–H and O–H groups in total. The Morgan fingerprint density at radius 1 is 0.610 bits per heavy atom. The maximum absolute atomic E-state index is 14.4. The molecule has 0 fully saturated rings. The molecule has 4 heterocycles. The lowest BCUT2D eigenvalue weighted by Gasteiger charge is -2.20. The second-order valence-corrected chi connectivity index (χ2v) is 12.6. The molecule has 4 aromatic rings. The molecule has 0 saturated heterocycles. The third-order valence-corrected chi connectivity index (χ3v) is 9.59. The highest BCUT2D eigenvalue weighted by atomic mass is 32.1. The molecule has 4 nitrogen and oxygen atoms in total. The van der Waals surface area contributed by atoms with Gasteiger partial charge in [-0.05, 0) is 72.5 Å². The van der Waals surface area contributed by atoms with E-state index in [0.717, 1.165) is 33.1 Å². The third kappa shape index (κ3) is 5.22. The molecule has 2 amide bonds. The fourth-order valence-electron chi connectivity index (χ4n) is 5.69. The molecule has 2 aliphatic rings. The standard InChI is InChI=1S/C35H34N2O2S2/c1-3-4-5-6-7-8-11-25-16-20-27(21-17-25)37-33-31(29-13-10-23-41-29)34(38)36(26-18-14-24(2)15-19-26)32(33)30(35(37)39)28-12-9-22-40-28/h9-10,12-23H,3-8,11H2,1-2H3. The van der Waals surface area contributed by atoms with Crippen LogP contribution >= 0.6 is 22.7 Å². The molecule has 0 saturated carbocycles. The van der Waals surface area contributed by atoms with Crippen molar-refractivity contribution in [1.29, 1.82) is 0 Å². The van der Waals surface area contributed by atoms with Crippen LogP contribution in [0.3, 0.4) is 0 Å². The molecule has 0 radical (unpaired) electrons. The molecule has 6 heteroatoms. The molecule has 41 heavy (non-hydrogen) atoms. The first-order chi connectivity index (χ1) is 20.1. The van der Waals surface area contributed by atoms with E-state index in [0.29, 0.717) is 22.5 Å². The fraction of sp³-hybridized carbons (Fsp3) is 0.257. The lowest BCUT2D eigenvalue weighted by atomic mass is 10.0. The van der Waals surface area contributed by atoms with Gasteiger partial charge in [-0.2, -0.15) is 0 Å². The molecule has 0 spiro atoms. The monoisotopic (exact) mass is 578 g/mol. The summed E-state index contributed by atoms with van der Waals surface area (Å²) in [5, 5.41) is 3.96. The average molecular weight is 579 g/mol. The Kier molecular flexibility index (Phi) is 8.04. The minimum atomic E-state index is -0.104. The van der Waals surface area contributed by atoms with E-state index in [4.69, 9.17) is 0 Å². The number of fused-ring (bicyclic) bond motifs is 1. The normalized spacial score (nSPS) is 15.1. The van der Waals surface area contributed by atoms with Crippen molar-refractivity contribution in [3.05, 3.63) is 116 Å². The van der Waals surface area contributed by atoms with Crippen molar-refractivity contribution >= 4 is 57.0 Å². The van der Waals surface area contributed by atoms with E-state index in [1.165, 1.54) is 66.8 Å². The number of carbonyl (C=O) groups excluding carboxylic acids is 2. The van der Waals surface area contributed by atoms with Crippen LogP contribution in [0.2, 0.25) is 0 Å². The zero-order valence-corrected chi connectivity index (χ0v) is 25.2. The van der Waals surface area contributed by atoms with Gasteiger partial charge < -0.3 is 0 Å². The van der Waals surface area contributed by atoms with Crippen LogP contribution in [-0.2, 0) is 16.0 Å². The molecule has 2 aromatic heterocycles. The number of hydrogen-bond donors (Lipinski definition) is 0. The molecule has 208 valence electrons. The lowest BCUT2D eigenvalue weighted by Crippen LogP contribution is -2.26. The van der Waals surface area contributed by atoms with Gasteiger partial charge in [0.25, 0.3) is 11.8 Å². The van der Waals surface area contributed by atoms with Gasteiger partial charge in [0.2, 0.25) is 0 Å². The number of benzene rings is 2. The highest BCUT2D eigenvalue weighted by molar-refractivity contribution is 7.12. The van der Waals surface area contributed by atoms with Gasteiger partial charge in [-0.25, -0.2) is 0 Å². The summed E-state index contributed by atoms with van der Waals surface area (Å²) < 4.78 is 0. The van der Waals surface area contributed by atoms with Crippen LogP contribution in [0.25, 0.3) is 11.1 Å². The molecular formula is C35H34N2O2S2. The Hall–Kier alpha value is -3.74. The number of rotatable bonds is 11. The van der Waals surface area contributed by atoms with Gasteiger partial charge in [-0.3, -0.25) is 19.4 Å². The summed E-state index contributed by atoms with van der Waals surface area (Å²) in [6, 6.07) is 24.1. The van der Waals surface area contributed by atoms with E-state index in [-0.39, 0.29) is 11.8 Å². The number of unbranched alkanes of at least 4 members (excludes halogenated alkanes) is 5. The third-order valence-electron chi connectivity index (χ3n) is 7.82. The van der Waals surface area contributed by atoms with E-state index in [1.807, 2.05) is 78.3 Å². The maximum atomic E-state index is 14.4. The van der Waals surface area contributed by atoms with Gasteiger partial charge in [0.15, 0.2) is 0 Å². The van der Waals surface area contributed by atoms with Crippen molar-refractivity contribution < 1.29 is 9.59 Å². The minimum absolute atomic E-state index is 0.0974. The summed E-state index contributed by atoms with van der Waals surface area (Å²) in [5.41, 5.74) is 6.44. The van der Waals surface area contributed by atoms with E-state index in [1.54, 1.807) is 9.80 Å². The summed E-state index contributed by atoms with van der Waals surface area (Å²) in [6.07, 6.45) is 8.64. The number of nitrogens with zero attached hydrogens (tertiary/aromatic N) is 2. The predicted octanol–water partition coefficient (Wildman–Crippen LogP) is 9.24. The topological polar surface area (TPSA) is 40.6 Å². The van der Waals surface area contributed by atoms with Crippen LogP contribution in [0.15, 0.2) is 95.0 Å². The van der Waals surface area contributed by atoms with Crippen LogP contribution in [-0.4, -0.2) is 11.8 Å². The second-order valence-electron chi connectivity index (χ2n) is 10.7. The van der Waals surface area contributed by atoms with Crippen LogP contribution in [0.4, 0.5) is 11.4 Å². The first kappa shape index (κ1) is 27.4. The van der Waals surface area contributed by atoms with E-state index in [2.05, 4.69) is 19.1 Å². The number of aryl methyl sites for hydroxylation is 2. The molecular weight excluding hydrogens is 545 g/mol. The minimum Gasteiger partial charge on any atom is -0.274 e. The van der Waals surface area contributed by atoms with Crippen molar-refractivity contribution in [3.8, 4) is 0 Å². The SMILES string of the molecule is CCCCCCCCc1ccc(N2C(=O)C(c3cccs3)=C3C2=C(c2cccs2)C(=O)N3c2ccc(C)cc2)cc1. The Labute approximate surface area is 250 Å². The van der Waals surface area contributed by atoms with Crippen LogP contribution < -0.4 is 9.80 Å². The highest BCUT2D eigenvalue weighted by Crippen LogP contribution is 2.51. The lowest BCUT2D eigenvalue weighted by molar-refractivity contribution is -0.112. The molecule has 6 rings (SSSR count). The van der Waals surface area contributed by atoms with Gasteiger partial charge in [-0.15, -0.1) is 22.7 Å². The molecule has 0 unspecified atom stereocenters. The molecule has 0 aliphatic carbocycles. The van der Waals surface area contributed by atoms with Gasteiger partial charge in [-0.1, -0.05) is 81.0 Å². The number of thiophene rings is 2. The van der Waals surface area contributed by atoms with Crippen LogP contribution in [0.1, 0.15) is 66.3 Å². The average Bonchev–Trinajstić information content (AvgIpc) is 3.78. The fourth-order valence-corrected chi connectivity index (χ4v) is 7.22. The van der Waals surface area contributed by atoms with Crippen LogP contribution in [0.5, 0.6) is 0 Å². The van der Waals surface area contributed by atoms with Gasteiger partial charge >= 0.3 is 0 Å². The van der Waals surface area contributed by atoms with Crippen molar-refractivity contribution in [2.45, 2.75) is 58.8 Å². The smallest absolute Gasteiger partial charge is 0.266 e. The molecule has 2 aromatic carbocycles. The molecule has 0 bridgehead atoms. The number of anilines is 2. The Balaban J connectivity index is 1.41.